The third-order valence-electron chi connectivity index (χ3n) is 2.38. The van der Waals surface area contributed by atoms with Gasteiger partial charge in [-0.05, 0) is 24.8 Å². The minimum absolute atomic E-state index is 0.0716. The van der Waals surface area contributed by atoms with Crippen molar-refractivity contribution >= 4 is 22.9 Å². The van der Waals surface area contributed by atoms with Gasteiger partial charge in [-0.15, -0.1) is 0 Å². The molecular weight excluding hydrogens is 220 g/mol. The maximum Gasteiger partial charge on any atom is 0.242 e. The number of unbranched alkanes of at least 4 members (excludes halogenated alkanes) is 2. The molecule has 1 unspecified atom stereocenters. The minimum atomic E-state index is -0.170. The Morgan fingerprint density at radius 2 is 2.31 bits per heavy atom. The van der Waals surface area contributed by atoms with Crippen LogP contribution >= 0.6 is 11.3 Å². The fraction of sp³-hybridized carbons (Fsp3) is 0.583. The van der Waals surface area contributed by atoms with Crippen LogP contribution in [0.5, 0.6) is 0 Å². The van der Waals surface area contributed by atoms with E-state index < -0.39 is 0 Å². The normalized spacial score (nSPS) is 12.1. The molecule has 1 amide bonds. The van der Waals surface area contributed by atoms with E-state index in [0.29, 0.717) is 0 Å². The lowest BCUT2D eigenvalue weighted by Crippen LogP contribution is -2.37. The first-order valence-electron chi connectivity index (χ1n) is 5.80. The van der Waals surface area contributed by atoms with Crippen molar-refractivity contribution in [2.24, 2.45) is 0 Å². The molecule has 1 rings (SSSR count). The summed E-state index contributed by atoms with van der Waals surface area (Å²) < 4.78 is 0. The predicted octanol–water partition coefficient (Wildman–Crippen LogP) is 2.85. The van der Waals surface area contributed by atoms with Crippen LogP contribution in [0.3, 0.4) is 0 Å². The average molecular weight is 240 g/mol. The van der Waals surface area contributed by atoms with E-state index in [1.165, 1.54) is 12.8 Å². The number of carbonyl (C=O) groups excluding carboxylic acids is 1. The first-order valence-corrected chi connectivity index (χ1v) is 6.74. The molecule has 1 atom stereocenters. The van der Waals surface area contributed by atoms with E-state index in [-0.39, 0.29) is 11.9 Å². The van der Waals surface area contributed by atoms with Crippen LogP contribution < -0.4 is 10.6 Å². The molecule has 0 fully saturated rings. The highest BCUT2D eigenvalue weighted by Crippen LogP contribution is 2.12. The minimum Gasteiger partial charge on any atom is -0.373 e. The molecule has 0 aliphatic rings. The SMILES string of the molecule is CCCCCNC(=O)C(C)Nc1ccsc1. The highest BCUT2D eigenvalue weighted by Gasteiger charge is 2.11. The molecule has 0 saturated carbocycles. The highest BCUT2D eigenvalue weighted by molar-refractivity contribution is 7.08. The summed E-state index contributed by atoms with van der Waals surface area (Å²) in [6.07, 6.45) is 3.42. The predicted molar refractivity (Wildman–Crippen MR) is 69.9 cm³/mol. The van der Waals surface area contributed by atoms with Crippen LogP contribution in [0.1, 0.15) is 33.1 Å². The van der Waals surface area contributed by atoms with Crippen LogP contribution in [-0.2, 0) is 4.79 Å². The van der Waals surface area contributed by atoms with E-state index >= 15 is 0 Å². The average Bonchev–Trinajstić information content (AvgIpc) is 2.76. The fourth-order valence-corrected chi connectivity index (χ4v) is 2.00. The molecule has 16 heavy (non-hydrogen) atoms. The molecule has 1 heterocycles. The summed E-state index contributed by atoms with van der Waals surface area (Å²) in [7, 11) is 0. The number of nitrogens with one attached hydrogen (secondary N) is 2. The third kappa shape index (κ3) is 4.66. The molecular formula is C12H20N2OS. The van der Waals surface area contributed by atoms with Gasteiger partial charge in [0.25, 0.3) is 0 Å². The molecule has 0 spiro atoms. The maximum atomic E-state index is 11.7. The Balaban J connectivity index is 2.20. The monoisotopic (exact) mass is 240 g/mol. The van der Waals surface area contributed by atoms with Crippen molar-refractivity contribution in [1.82, 2.24) is 5.32 Å². The van der Waals surface area contributed by atoms with Crippen molar-refractivity contribution in [1.29, 1.82) is 0 Å². The number of amides is 1. The molecule has 90 valence electrons. The number of carbonyl (C=O) groups is 1. The lowest BCUT2D eigenvalue weighted by atomic mass is 10.2. The van der Waals surface area contributed by atoms with Gasteiger partial charge in [0.05, 0.1) is 0 Å². The van der Waals surface area contributed by atoms with Crippen LogP contribution in [0.15, 0.2) is 16.8 Å². The second-order valence-corrected chi connectivity index (χ2v) is 4.66. The summed E-state index contributed by atoms with van der Waals surface area (Å²) in [4.78, 5) is 11.7. The van der Waals surface area contributed by atoms with Crippen molar-refractivity contribution in [2.45, 2.75) is 39.2 Å². The topological polar surface area (TPSA) is 41.1 Å². The Bertz CT molecular complexity index is 298. The number of hydrogen-bond acceptors (Lipinski definition) is 3. The number of thiophene rings is 1. The Kier molecular flexibility index (Phi) is 5.93. The molecule has 3 nitrogen and oxygen atoms in total. The van der Waals surface area contributed by atoms with E-state index in [9.17, 15) is 4.79 Å². The second-order valence-electron chi connectivity index (χ2n) is 3.88. The maximum absolute atomic E-state index is 11.7. The summed E-state index contributed by atoms with van der Waals surface area (Å²) in [5.74, 6) is 0.0716. The molecule has 1 aromatic heterocycles. The summed E-state index contributed by atoms with van der Waals surface area (Å²) in [6.45, 7) is 4.82. The van der Waals surface area contributed by atoms with E-state index in [1.807, 2.05) is 23.8 Å². The first-order chi connectivity index (χ1) is 7.74. The number of anilines is 1. The van der Waals surface area contributed by atoms with Gasteiger partial charge < -0.3 is 10.6 Å². The van der Waals surface area contributed by atoms with Gasteiger partial charge in [-0.3, -0.25) is 4.79 Å². The first kappa shape index (κ1) is 13.0. The Labute approximate surface area is 101 Å². The van der Waals surface area contributed by atoms with Gasteiger partial charge in [-0.2, -0.15) is 11.3 Å². The van der Waals surface area contributed by atoms with Crippen LogP contribution in [0, 0.1) is 0 Å². The van der Waals surface area contributed by atoms with Crippen LogP contribution in [-0.4, -0.2) is 18.5 Å². The summed E-state index contributed by atoms with van der Waals surface area (Å²) in [5, 5.41) is 10.1. The van der Waals surface area contributed by atoms with Crippen molar-refractivity contribution in [3.63, 3.8) is 0 Å². The lowest BCUT2D eigenvalue weighted by molar-refractivity contribution is -0.121. The highest BCUT2D eigenvalue weighted by atomic mass is 32.1. The molecule has 0 saturated heterocycles. The van der Waals surface area contributed by atoms with Crippen LogP contribution in [0.4, 0.5) is 5.69 Å². The van der Waals surface area contributed by atoms with E-state index in [1.54, 1.807) is 11.3 Å². The summed E-state index contributed by atoms with van der Waals surface area (Å²) in [5.41, 5.74) is 1.02. The van der Waals surface area contributed by atoms with Gasteiger partial charge in [-0.25, -0.2) is 0 Å². The summed E-state index contributed by atoms with van der Waals surface area (Å²) >= 11 is 1.62. The molecule has 2 N–H and O–H groups in total. The Morgan fingerprint density at radius 3 is 2.94 bits per heavy atom. The third-order valence-corrected chi connectivity index (χ3v) is 3.06. The van der Waals surface area contributed by atoms with Gasteiger partial charge >= 0.3 is 0 Å². The van der Waals surface area contributed by atoms with Gasteiger partial charge in [0.1, 0.15) is 6.04 Å². The smallest absolute Gasteiger partial charge is 0.242 e. The molecule has 1 aromatic rings. The zero-order valence-electron chi connectivity index (χ0n) is 9.95. The van der Waals surface area contributed by atoms with E-state index in [2.05, 4.69) is 17.6 Å². The number of rotatable bonds is 7. The van der Waals surface area contributed by atoms with Crippen LogP contribution in [0.2, 0.25) is 0 Å². The largest absolute Gasteiger partial charge is 0.373 e. The molecule has 0 aliphatic heterocycles. The van der Waals surface area contributed by atoms with E-state index in [4.69, 9.17) is 0 Å². The molecule has 4 heteroatoms. The quantitative estimate of drug-likeness (QED) is 0.720. The lowest BCUT2D eigenvalue weighted by Gasteiger charge is -2.13. The Hall–Kier alpha value is -1.03. The number of hydrogen-bond donors (Lipinski definition) is 2. The molecule has 0 aliphatic carbocycles. The summed E-state index contributed by atoms with van der Waals surface area (Å²) in [6, 6.07) is 1.81. The van der Waals surface area contributed by atoms with Crippen molar-refractivity contribution < 1.29 is 4.79 Å². The second kappa shape index (κ2) is 7.28. The van der Waals surface area contributed by atoms with Gasteiger partial charge in [0.15, 0.2) is 0 Å². The van der Waals surface area contributed by atoms with Crippen molar-refractivity contribution in [3.8, 4) is 0 Å². The van der Waals surface area contributed by atoms with E-state index in [0.717, 1.165) is 18.7 Å². The standard InChI is InChI=1S/C12H20N2OS/c1-3-4-5-7-13-12(15)10(2)14-11-6-8-16-9-11/h6,8-10,14H,3-5,7H2,1-2H3,(H,13,15). The van der Waals surface area contributed by atoms with Crippen LogP contribution in [0.25, 0.3) is 0 Å². The fourth-order valence-electron chi connectivity index (χ4n) is 1.40. The van der Waals surface area contributed by atoms with Gasteiger partial charge in [-0.1, -0.05) is 19.8 Å². The van der Waals surface area contributed by atoms with Crippen molar-refractivity contribution in [3.05, 3.63) is 16.8 Å². The zero-order valence-corrected chi connectivity index (χ0v) is 10.8. The zero-order chi connectivity index (χ0) is 11.8. The van der Waals surface area contributed by atoms with Crippen molar-refractivity contribution in [2.75, 3.05) is 11.9 Å². The Morgan fingerprint density at radius 1 is 1.50 bits per heavy atom. The molecule has 0 aromatic carbocycles. The molecule has 0 radical (unpaired) electrons. The van der Waals surface area contributed by atoms with Gasteiger partial charge in [0, 0.05) is 17.6 Å². The van der Waals surface area contributed by atoms with Gasteiger partial charge in [0.2, 0.25) is 5.91 Å². The molecule has 0 bridgehead atoms.